The highest BCUT2D eigenvalue weighted by Gasteiger charge is 2.12. The SMILES string of the molecule is CCOC(=O)Nc1ccc2c(c1)OCCO2. The molecule has 0 radical (unpaired) electrons. The number of carbonyl (C=O) groups is 1. The lowest BCUT2D eigenvalue weighted by Gasteiger charge is -2.18. The van der Waals surface area contributed by atoms with Gasteiger partial charge >= 0.3 is 6.09 Å². The zero-order chi connectivity index (χ0) is 11.4. The van der Waals surface area contributed by atoms with Gasteiger partial charge in [0.2, 0.25) is 0 Å². The minimum absolute atomic E-state index is 0.344. The van der Waals surface area contributed by atoms with Gasteiger partial charge in [0.15, 0.2) is 11.5 Å². The zero-order valence-electron chi connectivity index (χ0n) is 8.99. The number of nitrogens with one attached hydrogen (secondary N) is 1. The topological polar surface area (TPSA) is 56.8 Å². The third-order valence-electron chi connectivity index (χ3n) is 2.06. The van der Waals surface area contributed by atoms with E-state index in [1.165, 1.54) is 0 Å². The summed E-state index contributed by atoms with van der Waals surface area (Å²) in [6, 6.07) is 5.21. The van der Waals surface area contributed by atoms with E-state index < -0.39 is 6.09 Å². The van der Waals surface area contributed by atoms with Crippen LogP contribution in [0.1, 0.15) is 6.92 Å². The maximum Gasteiger partial charge on any atom is 0.411 e. The monoisotopic (exact) mass is 223 g/mol. The van der Waals surface area contributed by atoms with Gasteiger partial charge in [-0.15, -0.1) is 0 Å². The summed E-state index contributed by atoms with van der Waals surface area (Å²) in [5, 5.41) is 2.60. The van der Waals surface area contributed by atoms with Gasteiger partial charge in [0, 0.05) is 11.8 Å². The van der Waals surface area contributed by atoms with E-state index in [1.807, 2.05) is 0 Å². The van der Waals surface area contributed by atoms with Crippen LogP contribution in [0.15, 0.2) is 18.2 Å². The van der Waals surface area contributed by atoms with Crippen molar-refractivity contribution in [1.82, 2.24) is 0 Å². The molecular weight excluding hydrogens is 210 g/mol. The molecule has 1 aromatic rings. The number of rotatable bonds is 2. The molecule has 0 aromatic heterocycles. The largest absolute Gasteiger partial charge is 0.486 e. The molecule has 1 aliphatic rings. The summed E-state index contributed by atoms with van der Waals surface area (Å²) in [6.07, 6.45) is -0.473. The van der Waals surface area contributed by atoms with Crippen molar-refractivity contribution in [2.24, 2.45) is 0 Å². The highest BCUT2D eigenvalue weighted by atomic mass is 16.6. The van der Waals surface area contributed by atoms with Crippen LogP contribution in [0.5, 0.6) is 11.5 Å². The van der Waals surface area contributed by atoms with Crippen molar-refractivity contribution in [3.63, 3.8) is 0 Å². The summed E-state index contributed by atoms with van der Waals surface area (Å²) in [7, 11) is 0. The van der Waals surface area contributed by atoms with Gasteiger partial charge in [0.1, 0.15) is 13.2 Å². The molecule has 0 fully saturated rings. The van der Waals surface area contributed by atoms with Gasteiger partial charge in [-0.2, -0.15) is 0 Å². The summed E-state index contributed by atoms with van der Waals surface area (Å²) in [4.78, 5) is 11.2. The molecule has 0 aliphatic carbocycles. The first-order valence-corrected chi connectivity index (χ1v) is 5.13. The highest BCUT2D eigenvalue weighted by Crippen LogP contribution is 2.32. The standard InChI is InChI=1S/C11H13NO4/c1-2-14-11(13)12-8-3-4-9-10(7-8)16-6-5-15-9/h3-4,7H,2,5-6H2,1H3,(H,12,13). The van der Waals surface area contributed by atoms with E-state index in [4.69, 9.17) is 14.2 Å². The van der Waals surface area contributed by atoms with Crippen LogP contribution in [0.25, 0.3) is 0 Å². The molecule has 1 aromatic carbocycles. The van der Waals surface area contributed by atoms with Gasteiger partial charge in [-0.1, -0.05) is 0 Å². The molecule has 5 nitrogen and oxygen atoms in total. The van der Waals surface area contributed by atoms with Crippen LogP contribution in [0.4, 0.5) is 10.5 Å². The van der Waals surface area contributed by atoms with Gasteiger partial charge in [-0.05, 0) is 19.1 Å². The minimum atomic E-state index is -0.473. The molecule has 1 heterocycles. The van der Waals surface area contributed by atoms with E-state index in [9.17, 15) is 4.79 Å². The number of hydrogen-bond donors (Lipinski definition) is 1. The second kappa shape index (κ2) is 4.74. The third-order valence-corrected chi connectivity index (χ3v) is 2.06. The fraction of sp³-hybridized carbons (Fsp3) is 0.364. The Morgan fingerprint density at radius 2 is 2.12 bits per heavy atom. The van der Waals surface area contributed by atoms with Crippen molar-refractivity contribution in [3.05, 3.63) is 18.2 Å². The van der Waals surface area contributed by atoms with E-state index in [0.29, 0.717) is 37.0 Å². The Balaban J connectivity index is 2.08. The number of anilines is 1. The molecule has 1 aliphatic heterocycles. The van der Waals surface area contributed by atoms with Crippen molar-refractivity contribution >= 4 is 11.8 Å². The van der Waals surface area contributed by atoms with Crippen molar-refractivity contribution in [2.45, 2.75) is 6.92 Å². The normalized spacial score (nSPS) is 13.1. The Morgan fingerprint density at radius 3 is 2.88 bits per heavy atom. The van der Waals surface area contributed by atoms with Crippen LogP contribution < -0.4 is 14.8 Å². The quantitative estimate of drug-likeness (QED) is 0.833. The van der Waals surface area contributed by atoms with Crippen molar-refractivity contribution in [1.29, 1.82) is 0 Å². The second-order valence-corrected chi connectivity index (χ2v) is 3.20. The van der Waals surface area contributed by atoms with Crippen LogP contribution in [-0.4, -0.2) is 25.9 Å². The van der Waals surface area contributed by atoms with E-state index in [-0.39, 0.29) is 0 Å². The molecule has 2 rings (SSSR count). The Bertz CT molecular complexity index is 392. The van der Waals surface area contributed by atoms with Gasteiger partial charge in [-0.25, -0.2) is 4.79 Å². The zero-order valence-corrected chi connectivity index (χ0v) is 8.99. The number of amides is 1. The molecule has 1 amide bonds. The fourth-order valence-electron chi connectivity index (χ4n) is 1.41. The van der Waals surface area contributed by atoms with E-state index in [1.54, 1.807) is 25.1 Å². The van der Waals surface area contributed by atoms with Crippen molar-refractivity contribution in [2.75, 3.05) is 25.1 Å². The Kier molecular flexibility index (Phi) is 3.14. The predicted molar refractivity (Wildman–Crippen MR) is 58.1 cm³/mol. The van der Waals surface area contributed by atoms with Gasteiger partial charge in [0.25, 0.3) is 0 Å². The number of carbonyl (C=O) groups excluding carboxylic acids is 1. The molecule has 5 heteroatoms. The summed E-state index contributed by atoms with van der Waals surface area (Å²) in [5.41, 5.74) is 0.628. The number of ether oxygens (including phenoxy) is 3. The predicted octanol–water partition coefficient (Wildman–Crippen LogP) is 2.03. The van der Waals surface area contributed by atoms with Crippen LogP contribution in [-0.2, 0) is 4.74 Å². The van der Waals surface area contributed by atoms with Crippen LogP contribution in [0, 0.1) is 0 Å². The lowest BCUT2D eigenvalue weighted by molar-refractivity contribution is 0.167. The average molecular weight is 223 g/mol. The molecule has 0 saturated carbocycles. The molecular formula is C11H13NO4. The molecule has 86 valence electrons. The van der Waals surface area contributed by atoms with Gasteiger partial charge in [0.05, 0.1) is 6.61 Å². The lowest BCUT2D eigenvalue weighted by Crippen LogP contribution is -2.16. The Hall–Kier alpha value is -1.91. The van der Waals surface area contributed by atoms with Crippen LogP contribution in [0.3, 0.4) is 0 Å². The van der Waals surface area contributed by atoms with Crippen molar-refractivity contribution in [3.8, 4) is 11.5 Å². The molecule has 16 heavy (non-hydrogen) atoms. The number of hydrogen-bond acceptors (Lipinski definition) is 4. The maximum absolute atomic E-state index is 11.2. The lowest BCUT2D eigenvalue weighted by atomic mass is 10.2. The van der Waals surface area contributed by atoms with Crippen molar-refractivity contribution < 1.29 is 19.0 Å². The molecule has 0 atom stereocenters. The minimum Gasteiger partial charge on any atom is -0.486 e. The van der Waals surface area contributed by atoms with Gasteiger partial charge < -0.3 is 14.2 Å². The fourth-order valence-corrected chi connectivity index (χ4v) is 1.41. The molecule has 1 N–H and O–H groups in total. The number of fused-ring (bicyclic) bond motifs is 1. The second-order valence-electron chi connectivity index (χ2n) is 3.20. The Labute approximate surface area is 93.3 Å². The highest BCUT2D eigenvalue weighted by molar-refractivity contribution is 5.85. The van der Waals surface area contributed by atoms with Gasteiger partial charge in [-0.3, -0.25) is 5.32 Å². The first-order chi connectivity index (χ1) is 7.79. The molecule has 0 saturated heterocycles. The summed E-state index contributed by atoms with van der Waals surface area (Å²) < 4.78 is 15.5. The maximum atomic E-state index is 11.2. The summed E-state index contributed by atoms with van der Waals surface area (Å²) in [5.74, 6) is 1.33. The average Bonchev–Trinajstić information content (AvgIpc) is 2.29. The van der Waals surface area contributed by atoms with Crippen LogP contribution >= 0.6 is 0 Å². The van der Waals surface area contributed by atoms with E-state index in [0.717, 1.165) is 0 Å². The van der Waals surface area contributed by atoms with Crippen LogP contribution in [0.2, 0.25) is 0 Å². The summed E-state index contributed by atoms with van der Waals surface area (Å²) >= 11 is 0. The summed E-state index contributed by atoms with van der Waals surface area (Å²) in [6.45, 7) is 3.17. The molecule has 0 bridgehead atoms. The van der Waals surface area contributed by atoms with E-state index in [2.05, 4.69) is 5.32 Å². The molecule has 0 spiro atoms. The van der Waals surface area contributed by atoms with E-state index >= 15 is 0 Å². The number of benzene rings is 1. The smallest absolute Gasteiger partial charge is 0.411 e. The first kappa shape index (κ1) is 10.6. The molecule has 0 unspecified atom stereocenters. The first-order valence-electron chi connectivity index (χ1n) is 5.13. The Morgan fingerprint density at radius 1 is 1.38 bits per heavy atom. The third kappa shape index (κ3) is 2.36.